The largest absolute Gasteiger partial charge is 0.353 e. The number of likely N-dealkylation sites (tertiary alicyclic amines) is 1. The van der Waals surface area contributed by atoms with Crippen molar-refractivity contribution in [2.75, 3.05) is 20.1 Å². The zero-order valence-electron chi connectivity index (χ0n) is 16.6. The first kappa shape index (κ1) is 21.2. The van der Waals surface area contributed by atoms with Gasteiger partial charge in [0.2, 0.25) is 5.91 Å². The van der Waals surface area contributed by atoms with Gasteiger partial charge in [-0.3, -0.25) is 4.79 Å². The topological polar surface area (TPSA) is 33.5 Å². The zero-order chi connectivity index (χ0) is 20.1. The SMILES string of the molecule is C[C@@H](NC(=O)C1CC[NH+](C)CC1)[C@H](Cc1ccc(Cl)cc1)c1ccc(Cl)cc1. The molecule has 0 saturated carbocycles. The van der Waals surface area contributed by atoms with Gasteiger partial charge in [0.05, 0.1) is 20.1 Å². The molecular formula is C23H29Cl2N2O+. The molecule has 0 aromatic heterocycles. The third kappa shape index (κ3) is 5.73. The number of amides is 1. The third-order valence-corrected chi connectivity index (χ3v) is 6.35. The molecule has 3 nitrogen and oxygen atoms in total. The van der Waals surface area contributed by atoms with E-state index in [9.17, 15) is 4.79 Å². The molecule has 0 bridgehead atoms. The van der Waals surface area contributed by atoms with Crippen molar-refractivity contribution in [3.63, 3.8) is 0 Å². The van der Waals surface area contributed by atoms with Crippen LogP contribution in [0.2, 0.25) is 10.0 Å². The first-order valence-electron chi connectivity index (χ1n) is 10.0. The van der Waals surface area contributed by atoms with Crippen LogP contribution < -0.4 is 10.2 Å². The van der Waals surface area contributed by atoms with E-state index in [1.807, 2.05) is 24.3 Å². The molecule has 1 aliphatic heterocycles. The second-order valence-electron chi connectivity index (χ2n) is 8.02. The molecule has 0 radical (unpaired) electrons. The van der Waals surface area contributed by atoms with Crippen molar-refractivity contribution in [1.82, 2.24) is 5.32 Å². The molecule has 0 spiro atoms. The molecule has 28 heavy (non-hydrogen) atoms. The molecule has 0 aliphatic carbocycles. The molecule has 1 fully saturated rings. The summed E-state index contributed by atoms with van der Waals surface area (Å²) in [6, 6.07) is 15.9. The van der Waals surface area contributed by atoms with Gasteiger partial charge in [-0.25, -0.2) is 0 Å². The number of piperidine rings is 1. The van der Waals surface area contributed by atoms with Crippen molar-refractivity contribution in [2.24, 2.45) is 5.92 Å². The fourth-order valence-electron chi connectivity index (χ4n) is 3.98. The maximum absolute atomic E-state index is 12.8. The summed E-state index contributed by atoms with van der Waals surface area (Å²) in [5.74, 6) is 0.488. The number of carbonyl (C=O) groups is 1. The van der Waals surface area contributed by atoms with E-state index in [-0.39, 0.29) is 23.8 Å². The minimum absolute atomic E-state index is 0.0244. The van der Waals surface area contributed by atoms with Gasteiger partial charge in [0.25, 0.3) is 0 Å². The van der Waals surface area contributed by atoms with Crippen LogP contribution in [0.1, 0.15) is 36.8 Å². The van der Waals surface area contributed by atoms with Crippen LogP contribution in [0.4, 0.5) is 0 Å². The Bertz CT molecular complexity index is 768. The summed E-state index contributed by atoms with van der Waals surface area (Å²) in [5.41, 5.74) is 2.38. The summed E-state index contributed by atoms with van der Waals surface area (Å²) < 4.78 is 0. The van der Waals surface area contributed by atoms with Crippen LogP contribution in [0, 0.1) is 5.92 Å². The van der Waals surface area contributed by atoms with Gasteiger partial charge in [0.15, 0.2) is 0 Å². The minimum Gasteiger partial charge on any atom is -0.353 e. The number of rotatable bonds is 6. The fraction of sp³-hybridized carbons (Fsp3) is 0.435. The molecule has 3 rings (SSSR count). The van der Waals surface area contributed by atoms with Crippen LogP contribution in [0.25, 0.3) is 0 Å². The lowest BCUT2D eigenvalue weighted by Crippen LogP contribution is -3.10. The number of quaternary nitrogens is 1. The molecule has 5 heteroatoms. The molecule has 2 atom stereocenters. The van der Waals surface area contributed by atoms with Crippen molar-refractivity contribution in [1.29, 1.82) is 0 Å². The highest BCUT2D eigenvalue weighted by Gasteiger charge is 2.28. The average molecular weight is 420 g/mol. The standard InChI is InChI=1S/C23H28Cl2N2O/c1-16(26-23(28)19-11-13-27(2)14-12-19)22(18-5-9-21(25)10-6-18)15-17-3-7-20(24)8-4-17/h3-10,16,19,22H,11-15H2,1-2H3,(H,26,28)/p+1/t16-,22+/m1/s1. The van der Waals surface area contributed by atoms with Crippen molar-refractivity contribution >= 4 is 29.1 Å². The Morgan fingerprint density at radius 1 is 1.04 bits per heavy atom. The minimum atomic E-state index is 0.0244. The number of benzene rings is 2. The highest BCUT2D eigenvalue weighted by atomic mass is 35.5. The van der Waals surface area contributed by atoms with Crippen LogP contribution in [0.15, 0.2) is 48.5 Å². The summed E-state index contributed by atoms with van der Waals surface area (Å²) in [5, 5.41) is 4.76. The van der Waals surface area contributed by atoms with Gasteiger partial charge < -0.3 is 10.2 Å². The lowest BCUT2D eigenvalue weighted by molar-refractivity contribution is -0.885. The second-order valence-corrected chi connectivity index (χ2v) is 8.89. The maximum Gasteiger partial charge on any atom is 0.223 e. The number of carbonyl (C=O) groups excluding carboxylic acids is 1. The van der Waals surface area contributed by atoms with Crippen LogP contribution in [-0.4, -0.2) is 32.1 Å². The van der Waals surface area contributed by atoms with Crippen LogP contribution in [0.3, 0.4) is 0 Å². The number of nitrogens with one attached hydrogen (secondary N) is 2. The Morgan fingerprint density at radius 2 is 1.57 bits per heavy atom. The summed E-state index contributed by atoms with van der Waals surface area (Å²) in [6.45, 7) is 4.24. The molecule has 2 N–H and O–H groups in total. The molecule has 1 amide bonds. The quantitative estimate of drug-likeness (QED) is 0.734. The summed E-state index contributed by atoms with van der Waals surface area (Å²) in [4.78, 5) is 14.4. The Balaban J connectivity index is 1.74. The zero-order valence-corrected chi connectivity index (χ0v) is 18.1. The fourth-order valence-corrected chi connectivity index (χ4v) is 4.24. The van der Waals surface area contributed by atoms with Crippen LogP contribution in [0.5, 0.6) is 0 Å². The van der Waals surface area contributed by atoms with Crippen molar-refractivity contribution < 1.29 is 9.69 Å². The summed E-state index contributed by atoms with van der Waals surface area (Å²) >= 11 is 12.1. The first-order valence-corrected chi connectivity index (χ1v) is 10.8. The van der Waals surface area contributed by atoms with Gasteiger partial charge in [-0.15, -0.1) is 0 Å². The molecule has 1 heterocycles. The highest BCUT2D eigenvalue weighted by molar-refractivity contribution is 6.30. The van der Waals surface area contributed by atoms with Crippen LogP contribution >= 0.6 is 23.2 Å². The normalized spacial score (nSPS) is 21.7. The molecule has 2 aromatic carbocycles. The van der Waals surface area contributed by atoms with E-state index in [4.69, 9.17) is 23.2 Å². The second kappa shape index (κ2) is 9.78. The van der Waals surface area contributed by atoms with Crippen LogP contribution in [-0.2, 0) is 11.2 Å². The van der Waals surface area contributed by atoms with Gasteiger partial charge in [0, 0.05) is 40.8 Å². The third-order valence-electron chi connectivity index (χ3n) is 5.85. The molecule has 0 unspecified atom stereocenters. The first-order chi connectivity index (χ1) is 13.4. The Labute approximate surface area is 178 Å². The predicted octanol–water partition coefficient (Wildman–Crippen LogP) is 3.75. The molecule has 2 aromatic rings. The van der Waals surface area contributed by atoms with Crippen molar-refractivity contribution in [2.45, 2.75) is 38.1 Å². The highest BCUT2D eigenvalue weighted by Crippen LogP contribution is 2.27. The number of hydrogen-bond acceptors (Lipinski definition) is 1. The molecule has 1 aliphatic rings. The van der Waals surface area contributed by atoms with E-state index in [2.05, 4.69) is 43.6 Å². The summed E-state index contributed by atoms with van der Waals surface area (Å²) in [7, 11) is 2.19. The van der Waals surface area contributed by atoms with Gasteiger partial charge in [-0.2, -0.15) is 0 Å². The summed E-state index contributed by atoms with van der Waals surface area (Å²) in [6.07, 6.45) is 2.76. The van der Waals surface area contributed by atoms with Crippen molar-refractivity contribution in [3.05, 3.63) is 69.7 Å². The van der Waals surface area contributed by atoms with Gasteiger partial charge in [-0.05, 0) is 48.7 Å². The van der Waals surface area contributed by atoms with E-state index in [0.717, 1.165) is 42.4 Å². The Kier molecular flexibility index (Phi) is 7.39. The van der Waals surface area contributed by atoms with Crippen molar-refractivity contribution in [3.8, 4) is 0 Å². The molecule has 1 saturated heterocycles. The monoisotopic (exact) mass is 419 g/mol. The van der Waals surface area contributed by atoms with E-state index < -0.39 is 0 Å². The number of halogens is 2. The van der Waals surface area contributed by atoms with E-state index >= 15 is 0 Å². The molecular weight excluding hydrogens is 391 g/mol. The van der Waals surface area contributed by atoms with Gasteiger partial charge >= 0.3 is 0 Å². The predicted molar refractivity (Wildman–Crippen MR) is 116 cm³/mol. The Morgan fingerprint density at radius 3 is 2.14 bits per heavy atom. The molecule has 150 valence electrons. The average Bonchev–Trinajstić information content (AvgIpc) is 2.68. The lowest BCUT2D eigenvalue weighted by Gasteiger charge is -2.30. The van der Waals surface area contributed by atoms with E-state index in [1.165, 1.54) is 16.0 Å². The van der Waals surface area contributed by atoms with E-state index in [0.29, 0.717) is 0 Å². The van der Waals surface area contributed by atoms with Gasteiger partial charge in [-0.1, -0.05) is 47.5 Å². The maximum atomic E-state index is 12.8. The lowest BCUT2D eigenvalue weighted by atomic mass is 9.86. The van der Waals surface area contributed by atoms with Gasteiger partial charge in [0.1, 0.15) is 0 Å². The smallest absolute Gasteiger partial charge is 0.223 e. The number of hydrogen-bond donors (Lipinski definition) is 2. The van der Waals surface area contributed by atoms with E-state index in [1.54, 1.807) is 0 Å². The Hall–Kier alpha value is -1.55.